The van der Waals surface area contributed by atoms with Crippen molar-refractivity contribution in [2.45, 2.75) is 64.1 Å². The number of benzene rings is 3. The third-order valence-corrected chi connectivity index (χ3v) is 8.99. The molecule has 0 fully saturated rings. The van der Waals surface area contributed by atoms with E-state index in [1.165, 1.54) is 17.0 Å². The Balaban J connectivity index is 2.01. The Morgan fingerprint density at radius 3 is 2.03 bits per heavy atom. The van der Waals surface area contributed by atoms with Crippen molar-refractivity contribution in [3.63, 3.8) is 0 Å². The Labute approximate surface area is 240 Å². The summed E-state index contributed by atoms with van der Waals surface area (Å²) in [5.74, 6) is -0.775. The Hall–Kier alpha value is -3.17. The minimum atomic E-state index is -4.07. The van der Waals surface area contributed by atoms with Gasteiger partial charge in [0.2, 0.25) is 11.8 Å². The maximum atomic E-state index is 13.9. The molecule has 208 valence electrons. The maximum Gasteiger partial charge on any atom is 0.264 e. The predicted octanol–water partition coefficient (Wildman–Crippen LogP) is 5.54. The van der Waals surface area contributed by atoms with E-state index in [1.807, 2.05) is 57.2 Å². The van der Waals surface area contributed by atoms with E-state index in [-0.39, 0.29) is 23.4 Å². The first-order chi connectivity index (χ1) is 18.6. The molecule has 0 saturated heterocycles. The number of carbonyl (C=O) groups excluding carboxylic acids is 2. The van der Waals surface area contributed by atoms with Gasteiger partial charge in [-0.3, -0.25) is 13.9 Å². The lowest BCUT2D eigenvalue weighted by molar-refractivity contribution is -0.139. The minimum absolute atomic E-state index is 0.0587. The molecule has 2 amide bonds. The molecule has 0 saturated carbocycles. The van der Waals surface area contributed by atoms with Crippen LogP contribution >= 0.6 is 15.9 Å². The molecule has 2 unspecified atom stereocenters. The largest absolute Gasteiger partial charge is 0.352 e. The average molecular weight is 615 g/mol. The van der Waals surface area contributed by atoms with E-state index in [1.54, 1.807) is 37.3 Å². The zero-order valence-corrected chi connectivity index (χ0v) is 25.2. The molecular weight excluding hydrogens is 578 g/mol. The summed E-state index contributed by atoms with van der Waals surface area (Å²) >= 11 is 3.42. The van der Waals surface area contributed by atoms with Crippen molar-refractivity contribution in [3.05, 3.63) is 94.5 Å². The van der Waals surface area contributed by atoms with Crippen molar-refractivity contribution in [1.82, 2.24) is 10.2 Å². The molecule has 39 heavy (non-hydrogen) atoms. The fourth-order valence-electron chi connectivity index (χ4n) is 3.98. The van der Waals surface area contributed by atoms with Gasteiger partial charge in [0.15, 0.2) is 0 Å². The van der Waals surface area contributed by atoms with Crippen molar-refractivity contribution in [3.8, 4) is 0 Å². The lowest BCUT2D eigenvalue weighted by Gasteiger charge is -2.32. The normalized spacial score (nSPS) is 12.8. The second kappa shape index (κ2) is 13.8. The lowest BCUT2D eigenvalue weighted by Crippen LogP contribution is -2.52. The third-order valence-electron chi connectivity index (χ3n) is 6.68. The summed E-state index contributed by atoms with van der Waals surface area (Å²) in [5.41, 5.74) is 2.25. The summed E-state index contributed by atoms with van der Waals surface area (Å²) in [6.07, 6.45) is 1.55. The number of carbonyl (C=O) groups is 2. The number of anilines is 1. The zero-order chi connectivity index (χ0) is 28.6. The topological polar surface area (TPSA) is 86.8 Å². The molecule has 0 aliphatic carbocycles. The van der Waals surface area contributed by atoms with Crippen LogP contribution in [0.1, 0.15) is 45.2 Å². The second-order valence-corrected chi connectivity index (χ2v) is 12.3. The van der Waals surface area contributed by atoms with E-state index in [4.69, 9.17) is 0 Å². The monoisotopic (exact) mass is 613 g/mol. The number of halogens is 1. The summed E-state index contributed by atoms with van der Waals surface area (Å²) in [6.45, 7) is 7.24. The van der Waals surface area contributed by atoms with Crippen LogP contribution in [0.2, 0.25) is 0 Å². The van der Waals surface area contributed by atoms with Crippen molar-refractivity contribution < 1.29 is 18.0 Å². The van der Waals surface area contributed by atoms with Crippen molar-refractivity contribution >= 4 is 43.5 Å². The molecule has 0 aliphatic heterocycles. The highest BCUT2D eigenvalue weighted by Crippen LogP contribution is 2.25. The molecule has 1 N–H and O–H groups in total. The molecule has 9 heteroatoms. The first kappa shape index (κ1) is 30.4. The van der Waals surface area contributed by atoms with Crippen LogP contribution in [0.4, 0.5) is 5.69 Å². The van der Waals surface area contributed by atoms with E-state index < -0.39 is 28.5 Å². The molecular formula is C30H36BrN3O4S. The summed E-state index contributed by atoms with van der Waals surface area (Å²) < 4.78 is 29.6. The van der Waals surface area contributed by atoms with Gasteiger partial charge in [0.25, 0.3) is 10.0 Å². The summed E-state index contributed by atoms with van der Waals surface area (Å²) in [7, 11) is -4.07. The molecule has 3 aromatic carbocycles. The van der Waals surface area contributed by atoms with Gasteiger partial charge in [0.05, 0.1) is 10.6 Å². The third kappa shape index (κ3) is 7.92. The maximum absolute atomic E-state index is 13.9. The molecule has 0 aliphatic rings. The van der Waals surface area contributed by atoms with Crippen LogP contribution < -0.4 is 9.62 Å². The molecule has 0 aromatic heterocycles. The van der Waals surface area contributed by atoms with Gasteiger partial charge in [-0.25, -0.2) is 8.42 Å². The van der Waals surface area contributed by atoms with E-state index in [0.717, 1.165) is 32.7 Å². The fourth-order valence-corrected chi connectivity index (χ4v) is 5.68. The van der Waals surface area contributed by atoms with Gasteiger partial charge >= 0.3 is 0 Å². The van der Waals surface area contributed by atoms with Crippen LogP contribution in [-0.2, 0) is 32.6 Å². The number of hydrogen-bond donors (Lipinski definition) is 1. The number of nitrogens with one attached hydrogen (secondary N) is 1. The molecule has 3 aromatic rings. The molecule has 0 spiro atoms. The SMILES string of the molecule is CCc1ccc(N(CC(=O)N(Cc2ccc(Br)cc2)C(C)C(=O)NC(C)CC)S(=O)(=O)c2ccccc2)cc1. The smallest absolute Gasteiger partial charge is 0.264 e. The first-order valence-electron chi connectivity index (χ1n) is 13.1. The Kier molecular flexibility index (Phi) is 10.7. The van der Waals surface area contributed by atoms with Gasteiger partial charge in [0.1, 0.15) is 12.6 Å². The zero-order valence-electron chi connectivity index (χ0n) is 22.8. The highest BCUT2D eigenvalue weighted by Gasteiger charge is 2.32. The fraction of sp³-hybridized carbons (Fsp3) is 0.333. The summed E-state index contributed by atoms with van der Waals surface area (Å²) in [6, 6.07) is 21.8. The van der Waals surface area contributed by atoms with E-state index in [9.17, 15) is 18.0 Å². The highest BCUT2D eigenvalue weighted by atomic mass is 79.9. The van der Waals surface area contributed by atoms with Crippen molar-refractivity contribution in [1.29, 1.82) is 0 Å². The van der Waals surface area contributed by atoms with Crippen LogP contribution in [0.25, 0.3) is 0 Å². The van der Waals surface area contributed by atoms with Crippen LogP contribution in [0, 0.1) is 0 Å². The van der Waals surface area contributed by atoms with E-state index in [0.29, 0.717) is 5.69 Å². The number of sulfonamides is 1. The molecule has 2 atom stereocenters. The first-order valence-corrected chi connectivity index (χ1v) is 15.3. The van der Waals surface area contributed by atoms with Crippen molar-refractivity contribution in [2.24, 2.45) is 0 Å². The number of hydrogen-bond acceptors (Lipinski definition) is 4. The molecule has 3 rings (SSSR count). The quantitative estimate of drug-likeness (QED) is 0.291. The van der Waals surface area contributed by atoms with Gasteiger partial charge in [-0.15, -0.1) is 0 Å². The molecule has 0 bridgehead atoms. The number of amides is 2. The average Bonchev–Trinajstić information content (AvgIpc) is 2.95. The number of rotatable bonds is 12. The van der Waals surface area contributed by atoms with Gasteiger partial charge in [-0.2, -0.15) is 0 Å². The van der Waals surface area contributed by atoms with Crippen LogP contribution in [0.5, 0.6) is 0 Å². The number of nitrogens with zero attached hydrogens (tertiary/aromatic N) is 2. The lowest BCUT2D eigenvalue weighted by atomic mass is 10.1. The number of aryl methyl sites for hydroxylation is 1. The highest BCUT2D eigenvalue weighted by molar-refractivity contribution is 9.10. The van der Waals surface area contributed by atoms with Crippen LogP contribution in [-0.4, -0.2) is 43.8 Å². The minimum Gasteiger partial charge on any atom is -0.352 e. The standard InChI is InChI=1S/C30H36BrN3O4S/c1-5-22(3)32-30(36)23(4)33(20-25-12-16-26(31)17-13-25)29(35)21-34(27-18-14-24(6-2)15-19-27)39(37,38)28-10-8-7-9-11-28/h7-19,22-23H,5-6,20-21H2,1-4H3,(H,32,36). The Bertz CT molecular complexity index is 1350. The predicted molar refractivity (Wildman–Crippen MR) is 159 cm³/mol. The Morgan fingerprint density at radius 1 is 0.872 bits per heavy atom. The van der Waals surface area contributed by atoms with Crippen LogP contribution in [0.15, 0.2) is 88.2 Å². The van der Waals surface area contributed by atoms with E-state index >= 15 is 0 Å². The summed E-state index contributed by atoms with van der Waals surface area (Å²) in [5, 5.41) is 2.94. The molecule has 0 heterocycles. The van der Waals surface area contributed by atoms with Crippen LogP contribution in [0.3, 0.4) is 0 Å². The van der Waals surface area contributed by atoms with Crippen molar-refractivity contribution in [2.75, 3.05) is 10.8 Å². The second-order valence-electron chi connectivity index (χ2n) is 9.49. The molecule has 0 radical (unpaired) electrons. The van der Waals surface area contributed by atoms with E-state index in [2.05, 4.69) is 21.2 Å². The van der Waals surface area contributed by atoms with Gasteiger partial charge in [0, 0.05) is 17.1 Å². The molecule has 7 nitrogen and oxygen atoms in total. The van der Waals surface area contributed by atoms with Gasteiger partial charge in [-0.05, 0) is 74.2 Å². The Morgan fingerprint density at radius 2 is 1.46 bits per heavy atom. The van der Waals surface area contributed by atoms with Gasteiger partial charge in [-0.1, -0.05) is 72.2 Å². The summed E-state index contributed by atoms with van der Waals surface area (Å²) in [4.78, 5) is 28.6. The van der Waals surface area contributed by atoms with Gasteiger partial charge < -0.3 is 10.2 Å².